The quantitative estimate of drug-likeness (QED) is 0.170. The van der Waals surface area contributed by atoms with Crippen LogP contribution in [0.15, 0.2) is 206 Å². The summed E-state index contributed by atoms with van der Waals surface area (Å²) in [6.45, 7) is 0. The normalized spacial score (nSPS) is 11.7. The number of para-hydroxylation sites is 5. The van der Waals surface area contributed by atoms with Crippen molar-refractivity contribution in [3.8, 4) is 17.1 Å². The molecule has 0 bridgehead atoms. The molecule has 11 rings (SSSR count). The van der Waals surface area contributed by atoms with Crippen LogP contribution in [0.5, 0.6) is 0 Å². The molecule has 3 heterocycles. The Bertz CT molecular complexity index is 3150. The second-order valence-electron chi connectivity index (χ2n) is 13.8. The first kappa shape index (κ1) is 30.3. The summed E-state index contributed by atoms with van der Waals surface area (Å²) in [5.74, 6) is 0. The third kappa shape index (κ3) is 4.64. The van der Waals surface area contributed by atoms with Crippen molar-refractivity contribution in [1.82, 2.24) is 13.7 Å². The molecule has 0 saturated heterocycles. The molecule has 0 atom stereocenters. The monoisotopic (exact) mass is 690 g/mol. The van der Waals surface area contributed by atoms with Gasteiger partial charge in [0.1, 0.15) is 0 Å². The number of rotatable bonds is 6. The molecule has 4 heteroatoms. The number of hydrogen-bond donors (Lipinski definition) is 0. The molecule has 0 aliphatic heterocycles. The standard InChI is InChI=1S/C50H34N4/c1-4-15-35(16-5-1)51-32-31-43-45(51)29-30-49-50(43)42-24-11-13-26-47(42)54(49)39-22-14-21-38(33-39)52(36-17-6-2-7-18-36)40-27-28-48-44(34-40)41-23-10-12-25-46(41)53(48)37-19-8-3-9-20-37/h1-34H. The highest BCUT2D eigenvalue weighted by Crippen LogP contribution is 2.42. The first-order valence-corrected chi connectivity index (χ1v) is 18.4. The van der Waals surface area contributed by atoms with Crippen LogP contribution in [-0.4, -0.2) is 13.7 Å². The fourth-order valence-corrected chi connectivity index (χ4v) is 8.53. The molecule has 0 amide bonds. The van der Waals surface area contributed by atoms with Crippen molar-refractivity contribution >= 4 is 71.6 Å². The number of fused-ring (bicyclic) bond motifs is 8. The molecule has 54 heavy (non-hydrogen) atoms. The van der Waals surface area contributed by atoms with Gasteiger partial charge in [-0.25, -0.2) is 0 Å². The van der Waals surface area contributed by atoms with Gasteiger partial charge in [-0.05, 0) is 103 Å². The van der Waals surface area contributed by atoms with Crippen molar-refractivity contribution in [2.75, 3.05) is 4.90 Å². The van der Waals surface area contributed by atoms with Crippen LogP contribution in [0.25, 0.3) is 71.6 Å². The van der Waals surface area contributed by atoms with Crippen LogP contribution < -0.4 is 4.90 Å². The van der Waals surface area contributed by atoms with E-state index in [1.54, 1.807) is 0 Å². The van der Waals surface area contributed by atoms with Gasteiger partial charge in [0.05, 0.1) is 27.6 Å². The van der Waals surface area contributed by atoms with E-state index in [1.807, 2.05) is 0 Å². The molecule has 4 nitrogen and oxygen atoms in total. The predicted molar refractivity (Wildman–Crippen MR) is 227 cm³/mol. The lowest BCUT2D eigenvalue weighted by Gasteiger charge is -2.26. The van der Waals surface area contributed by atoms with Crippen LogP contribution in [-0.2, 0) is 0 Å². The zero-order chi connectivity index (χ0) is 35.6. The zero-order valence-electron chi connectivity index (χ0n) is 29.4. The van der Waals surface area contributed by atoms with Gasteiger partial charge in [-0.1, -0.05) is 97.1 Å². The van der Waals surface area contributed by atoms with Crippen LogP contribution >= 0.6 is 0 Å². The van der Waals surface area contributed by atoms with Gasteiger partial charge < -0.3 is 18.6 Å². The largest absolute Gasteiger partial charge is 0.317 e. The topological polar surface area (TPSA) is 18.0 Å². The average Bonchev–Trinajstić information content (AvgIpc) is 3.92. The highest BCUT2D eigenvalue weighted by Gasteiger charge is 2.20. The smallest absolute Gasteiger partial charge is 0.0548 e. The van der Waals surface area contributed by atoms with E-state index in [4.69, 9.17) is 0 Å². The molecule has 254 valence electrons. The number of anilines is 3. The summed E-state index contributed by atoms with van der Waals surface area (Å²) in [7, 11) is 0. The molecule has 0 radical (unpaired) electrons. The fourth-order valence-electron chi connectivity index (χ4n) is 8.53. The lowest BCUT2D eigenvalue weighted by atomic mass is 10.1. The van der Waals surface area contributed by atoms with Gasteiger partial charge in [0.2, 0.25) is 0 Å². The van der Waals surface area contributed by atoms with E-state index in [-0.39, 0.29) is 0 Å². The Morgan fingerprint density at radius 3 is 1.59 bits per heavy atom. The zero-order valence-corrected chi connectivity index (χ0v) is 29.4. The molecular formula is C50H34N4. The van der Waals surface area contributed by atoms with Crippen molar-refractivity contribution in [2.45, 2.75) is 0 Å². The highest BCUT2D eigenvalue weighted by molar-refractivity contribution is 6.21. The minimum absolute atomic E-state index is 1.09. The first-order valence-electron chi connectivity index (χ1n) is 18.4. The summed E-state index contributed by atoms with van der Waals surface area (Å²) in [4.78, 5) is 2.38. The Morgan fingerprint density at radius 2 is 0.815 bits per heavy atom. The molecule has 8 aromatic carbocycles. The average molecular weight is 691 g/mol. The summed E-state index contributed by atoms with van der Waals surface area (Å²) in [6, 6.07) is 72.1. The molecule has 0 saturated carbocycles. The fraction of sp³-hybridized carbons (Fsp3) is 0. The molecule has 0 aliphatic rings. The highest BCUT2D eigenvalue weighted by atomic mass is 15.1. The Labute approximate surface area is 312 Å². The molecule has 0 N–H and O–H groups in total. The summed E-state index contributed by atoms with van der Waals surface area (Å²) < 4.78 is 7.08. The second kappa shape index (κ2) is 12.1. The minimum Gasteiger partial charge on any atom is -0.317 e. The maximum Gasteiger partial charge on any atom is 0.0548 e. The van der Waals surface area contributed by atoms with Crippen LogP contribution in [0.3, 0.4) is 0 Å². The van der Waals surface area contributed by atoms with Gasteiger partial charge in [0, 0.05) is 67.3 Å². The van der Waals surface area contributed by atoms with Gasteiger partial charge in [-0.15, -0.1) is 0 Å². The van der Waals surface area contributed by atoms with Crippen molar-refractivity contribution in [2.24, 2.45) is 0 Å². The SMILES string of the molecule is c1ccc(N(c2cccc(-n3c4ccccc4c4c5ccn(-c6ccccc6)c5ccc43)c2)c2ccc3c(c2)c2ccccc2n3-c2ccccc2)cc1. The molecule has 3 aromatic heterocycles. The molecule has 0 fully saturated rings. The van der Waals surface area contributed by atoms with E-state index in [2.05, 4.69) is 225 Å². The molecular weight excluding hydrogens is 657 g/mol. The summed E-state index contributed by atoms with van der Waals surface area (Å²) in [5.41, 5.74) is 12.7. The van der Waals surface area contributed by atoms with Crippen molar-refractivity contribution < 1.29 is 0 Å². The lowest BCUT2D eigenvalue weighted by molar-refractivity contribution is 1.13. The van der Waals surface area contributed by atoms with E-state index in [1.165, 1.54) is 54.5 Å². The number of benzene rings is 8. The van der Waals surface area contributed by atoms with E-state index in [9.17, 15) is 0 Å². The maximum absolute atomic E-state index is 2.42. The number of aromatic nitrogens is 3. The van der Waals surface area contributed by atoms with Gasteiger partial charge in [-0.3, -0.25) is 0 Å². The molecule has 11 aromatic rings. The van der Waals surface area contributed by atoms with E-state index in [0.29, 0.717) is 0 Å². The van der Waals surface area contributed by atoms with Crippen LogP contribution in [0.4, 0.5) is 17.1 Å². The van der Waals surface area contributed by atoms with Gasteiger partial charge in [0.25, 0.3) is 0 Å². The molecule has 0 spiro atoms. The van der Waals surface area contributed by atoms with Gasteiger partial charge in [-0.2, -0.15) is 0 Å². The van der Waals surface area contributed by atoms with Gasteiger partial charge >= 0.3 is 0 Å². The number of nitrogens with zero attached hydrogens (tertiary/aromatic N) is 4. The van der Waals surface area contributed by atoms with E-state index >= 15 is 0 Å². The molecule has 0 aliphatic carbocycles. The Hall–Kier alpha value is -7.30. The third-order valence-electron chi connectivity index (χ3n) is 10.8. The Kier molecular flexibility index (Phi) is 6.82. The predicted octanol–water partition coefficient (Wildman–Crippen LogP) is 13.3. The third-order valence-corrected chi connectivity index (χ3v) is 10.8. The van der Waals surface area contributed by atoms with E-state index < -0.39 is 0 Å². The van der Waals surface area contributed by atoms with Crippen LogP contribution in [0, 0.1) is 0 Å². The second-order valence-corrected chi connectivity index (χ2v) is 13.8. The lowest BCUT2D eigenvalue weighted by Crippen LogP contribution is -2.10. The summed E-state index contributed by atoms with van der Waals surface area (Å²) in [6.07, 6.45) is 2.19. The van der Waals surface area contributed by atoms with Crippen molar-refractivity contribution in [3.63, 3.8) is 0 Å². The Morgan fingerprint density at radius 1 is 0.296 bits per heavy atom. The molecule has 0 unspecified atom stereocenters. The minimum atomic E-state index is 1.09. The maximum atomic E-state index is 2.42. The van der Waals surface area contributed by atoms with E-state index in [0.717, 1.165) is 34.1 Å². The van der Waals surface area contributed by atoms with Crippen LogP contribution in [0.1, 0.15) is 0 Å². The summed E-state index contributed by atoms with van der Waals surface area (Å²) in [5, 5.41) is 6.21. The van der Waals surface area contributed by atoms with Crippen LogP contribution in [0.2, 0.25) is 0 Å². The first-order chi connectivity index (χ1) is 26.8. The Balaban J connectivity index is 1.11. The van der Waals surface area contributed by atoms with Crippen molar-refractivity contribution in [3.05, 3.63) is 206 Å². The summed E-state index contributed by atoms with van der Waals surface area (Å²) >= 11 is 0. The van der Waals surface area contributed by atoms with Crippen molar-refractivity contribution in [1.29, 1.82) is 0 Å². The number of hydrogen-bond acceptors (Lipinski definition) is 1. The van der Waals surface area contributed by atoms with Gasteiger partial charge in [0.15, 0.2) is 0 Å².